The van der Waals surface area contributed by atoms with Crippen molar-refractivity contribution in [3.8, 4) is 33.4 Å². The molecule has 7 rings (SSSR count). The number of hydrogen-bond acceptors (Lipinski definition) is 0. The topological polar surface area (TPSA) is 0 Å². The van der Waals surface area contributed by atoms with E-state index in [9.17, 15) is 0 Å². The Morgan fingerprint density at radius 2 is 1.03 bits per heavy atom. The molecule has 0 amide bonds. The van der Waals surface area contributed by atoms with E-state index in [2.05, 4.69) is 84.9 Å². The molecular weight excluding hydrogens is 443 g/mol. The minimum atomic E-state index is -0.392. The van der Waals surface area contributed by atoms with Gasteiger partial charge in [0.25, 0.3) is 0 Å². The fourth-order valence-corrected chi connectivity index (χ4v) is 6.42. The fraction of sp³-hybridized carbons (Fsp3) is 0.0323. The van der Waals surface area contributed by atoms with Crippen molar-refractivity contribution in [2.75, 3.05) is 0 Å². The highest BCUT2D eigenvalue weighted by Crippen LogP contribution is 2.64. The second kappa shape index (κ2) is 6.84. The van der Waals surface area contributed by atoms with Gasteiger partial charge in [-0.1, -0.05) is 108 Å². The monoisotopic (exact) mass is 460 g/mol. The molecule has 0 aromatic heterocycles. The highest BCUT2D eigenvalue weighted by Gasteiger charge is 2.52. The van der Waals surface area contributed by atoms with Crippen LogP contribution in [0.15, 0.2) is 109 Å². The van der Waals surface area contributed by atoms with Crippen LogP contribution in [0.4, 0.5) is 0 Å². The van der Waals surface area contributed by atoms with Crippen LogP contribution in [0.2, 0.25) is 10.0 Å². The lowest BCUT2D eigenvalue weighted by Crippen LogP contribution is -2.25. The van der Waals surface area contributed by atoms with Crippen LogP contribution in [0.25, 0.3) is 33.4 Å². The minimum Gasteiger partial charge on any atom is -0.0843 e. The molecule has 0 aliphatic heterocycles. The SMILES string of the molecule is Clc1cccc(-c2cccc3c2-c2ccc(Cl)cc2C32c3ccccc3-c3ccccc32)c1. The third-order valence-electron chi connectivity index (χ3n) is 7.21. The summed E-state index contributed by atoms with van der Waals surface area (Å²) in [4.78, 5) is 0. The summed E-state index contributed by atoms with van der Waals surface area (Å²) in [5.41, 5.74) is 12.2. The van der Waals surface area contributed by atoms with Crippen molar-refractivity contribution in [3.05, 3.63) is 141 Å². The summed E-state index contributed by atoms with van der Waals surface area (Å²) in [7, 11) is 0. The molecule has 156 valence electrons. The maximum absolute atomic E-state index is 6.64. The average Bonchev–Trinajstić information content (AvgIpc) is 3.31. The molecule has 2 aliphatic rings. The predicted molar refractivity (Wildman–Crippen MR) is 138 cm³/mol. The smallest absolute Gasteiger partial charge is 0.0726 e. The Bertz CT molecular complexity index is 1550. The van der Waals surface area contributed by atoms with Gasteiger partial charge in [-0.2, -0.15) is 0 Å². The molecule has 0 N–H and O–H groups in total. The molecule has 1 spiro atoms. The van der Waals surface area contributed by atoms with Gasteiger partial charge in [0.2, 0.25) is 0 Å². The van der Waals surface area contributed by atoms with Crippen molar-refractivity contribution < 1.29 is 0 Å². The highest BCUT2D eigenvalue weighted by molar-refractivity contribution is 6.31. The maximum Gasteiger partial charge on any atom is 0.0726 e. The minimum absolute atomic E-state index is 0.392. The van der Waals surface area contributed by atoms with Gasteiger partial charge in [0.15, 0.2) is 0 Å². The van der Waals surface area contributed by atoms with Crippen molar-refractivity contribution in [2.24, 2.45) is 0 Å². The Balaban J connectivity index is 1.68. The molecule has 5 aromatic rings. The third-order valence-corrected chi connectivity index (χ3v) is 7.68. The molecule has 5 aromatic carbocycles. The van der Waals surface area contributed by atoms with Crippen LogP contribution >= 0.6 is 23.2 Å². The Morgan fingerprint density at radius 1 is 0.424 bits per heavy atom. The summed E-state index contributed by atoms with van der Waals surface area (Å²) in [6, 6.07) is 38.7. The lowest BCUT2D eigenvalue weighted by molar-refractivity contribution is 0.794. The zero-order valence-corrected chi connectivity index (χ0v) is 19.2. The first-order valence-electron chi connectivity index (χ1n) is 11.1. The molecule has 0 radical (unpaired) electrons. The third kappa shape index (κ3) is 2.43. The van der Waals surface area contributed by atoms with Crippen LogP contribution in [0, 0.1) is 0 Å². The number of halogens is 2. The van der Waals surface area contributed by atoms with Gasteiger partial charge in [0.05, 0.1) is 5.41 Å². The van der Waals surface area contributed by atoms with E-state index in [0.29, 0.717) is 0 Å². The van der Waals surface area contributed by atoms with Crippen LogP contribution in [-0.4, -0.2) is 0 Å². The summed E-state index contributed by atoms with van der Waals surface area (Å²) in [6.45, 7) is 0. The Morgan fingerprint density at radius 3 is 1.76 bits per heavy atom. The standard InChI is InChI=1S/C31H18Cl2/c32-20-8-5-7-19(17-20)22-11-6-14-28-30(22)25-16-15-21(33)18-29(25)31(28)26-12-3-1-9-23(26)24-10-2-4-13-27(24)31/h1-18H. The number of fused-ring (bicyclic) bond motifs is 10. The zero-order valence-electron chi connectivity index (χ0n) is 17.6. The first-order valence-corrected chi connectivity index (χ1v) is 11.8. The van der Waals surface area contributed by atoms with E-state index >= 15 is 0 Å². The lowest BCUT2D eigenvalue weighted by Gasteiger charge is -2.30. The molecule has 0 heterocycles. The molecule has 2 heteroatoms. The summed E-state index contributed by atoms with van der Waals surface area (Å²) >= 11 is 13.0. The second-order valence-corrected chi connectivity index (χ2v) is 9.64. The van der Waals surface area contributed by atoms with Crippen LogP contribution in [0.1, 0.15) is 22.3 Å². The van der Waals surface area contributed by atoms with E-state index in [1.165, 1.54) is 50.1 Å². The van der Waals surface area contributed by atoms with Crippen molar-refractivity contribution >= 4 is 23.2 Å². The van der Waals surface area contributed by atoms with E-state index < -0.39 is 5.41 Å². The van der Waals surface area contributed by atoms with Crippen LogP contribution in [-0.2, 0) is 5.41 Å². The van der Waals surface area contributed by atoms with Gasteiger partial charge in [-0.15, -0.1) is 0 Å². The van der Waals surface area contributed by atoms with Gasteiger partial charge in [-0.05, 0) is 79.9 Å². The molecule has 0 atom stereocenters. The van der Waals surface area contributed by atoms with E-state index in [1.807, 2.05) is 24.3 Å². The normalized spacial score (nSPS) is 14.0. The number of rotatable bonds is 1. The molecule has 0 bridgehead atoms. The van der Waals surface area contributed by atoms with Crippen molar-refractivity contribution in [3.63, 3.8) is 0 Å². The van der Waals surface area contributed by atoms with E-state index in [-0.39, 0.29) is 0 Å². The Labute approximate surface area is 203 Å². The highest BCUT2D eigenvalue weighted by atomic mass is 35.5. The van der Waals surface area contributed by atoms with Crippen LogP contribution in [0.5, 0.6) is 0 Å². The van der Waals surface area contributed by atoms with Gasteiger partial charge >= 0.3 is 0 Å². The van der Waals surface area contributed by atoms with Crippen molar-refractivity contribution in [1.29, 1.82) is 0 Å². The molecule has 0 saturated carbocycles. The lowest BCUT2D eigenvalue weighted by atomic mass is 9.70. The molecule has 0 saturated heterocycles. The van der Waals surface area contributed by atoms with Gasteiger partial charge in [-0.25, -0.2) is 0 Å². The molecule has 0 fully saturated rings. The van der Waals surface area contributed by atoms with Gasteiger partial charge in [-0.3, -0.25) is 0 Å². The molecule has 2 aliphatic carbocycles. The van der Waals surface area contributed by atoms with Gasteiger partial charge < -0.3 is 0 Å². The number of benzene rings is 5. The number of hydrogen-bond donors (Lipinski definition) is 0. The van der Waals surface area contributed by atoms with E-state index in [1.54, 1.807) is 0 Å². The maximum atomic E-state index is 6.64. The quantitative estimate of drug-likeness (QED) is 0.229. The summed E-state index contributed by atoms with van der Waals surface area (Å²) in [5.74, 6) is 0. The Kier molecular flexibility index (Phi) is 3.97. The fourth-order valence-electron chi connectivity index (χ4n) is 6.06. The van der Waals surface area contributed by atoms with E-state index in [0.717, 1.165) is 15.6 Å². The summed E-state index contributed by atoms with van der Waals surface area (Å²) in [5, 5.41) is 1.50. The average molecular weight is 461 g/mol. The Hall–Kier alpha value is -3.32. The first kappa shape index (κ1) is 19.2. The van der Waals surface area contributed by atoms with Gasteiger partial charge in [0, 0.05) is 10.0 Å². The largest absolute Gasteiger partial charge is 0.0843 e. The molecule has 33 heavy (non-hydrogen) atoms. The zero-order chi connectivity index (χ0) is 22.2. The van der Waals surface area contributed by atoms with Crippen molar-refractivity contribution in [1.82, 2.24) is 0 Å². The summed E-state index contributed by atoms with van der Waals surface area (Å²) in [6.07, 6.45) is 0. The predicted octanol–water partition coefficient (Wildman–Crippen LogP) is 9.00. The van der Waals surface area contributed by atoms with Crippen LogP contribution < -0.4 is 0 Å². The summed E-state index contributed by atoms with van der Waals surface area (Å²) < 4.78 is 0. The molecular formula is C31H18Cl2. The molecule has 0 nitrogen and oxygen atoms in total. The molecule has 0 unspecified atom stereocenters. The van der Waals surface area contributed by atoms with Crippen molar-refractivity contribution in [2.45, 2.75) is 5.41 Å². The van der Waals surface area contributed by atoms with Gasteiger partial charge in [0.1, 0.15) is 0 Å². The second-order valence-electron chi connectivity index (χ2n) is 8.77. The van der Waals surface area contributed by atoms with Crippen LogP contribution in [0.3, 0.4) is 0 Å². The first-order chi connectivity index (χ1) is 16.2. The van der Waals surface area contributed by atoms with E-state index in [4.69, 9.17) is 23.2 Å².